The van der Waals surface area contributed by atoms with Crippen LogP contribution in [0.5, 0.6) is 11.5 Å². The van der Waals surface area contributed by atoms with Crippen LogP contribution in [0.15, 0.2) is 57.7 Å². The van der Waals surface area contributed by atoms with Crippen LogP contribution in [0.2, 0.25) is 0 Å². The van der Waals surface area contributed by atoms with E-state index in [1.54, 1.807) is 11.8 Å². The molecular weight excluding hydrogens is 426 g/mol. The first kappa shape index (κ1) is 22.4. The normalized spacial score (nSPS) is 15.9. The monoisotopic (exact) mass is 451 g/mol. The molecule has 4 rings (SSSR count). The summed E-state index contributed by atoms with van der Waals surface area (Å²) in [7, 11) is 0. The standard InChI is InChI=1S/C25H25NO7/c1-2-31-25(30)17-9-6-10-26(14-17)23(29)15-32-18-11-19(27)24-20(28)13-21(33-22(24)12-18)16-7-4-3-5-8-16/h3-5,7-8,11-13,17,27H,2,6,9-10,14-15H2,1H3. The Labute approximate surface area is 190 Å². The van der Waals surface area contributed by atoms with Crippen molar-refractivity contribution >= 4 is 22.8 Å². The summed E-state index contributed by atoms with van der Waals surface area (Å²) in [4.78, 5) is 38.8. The quantitative estimate of drug-likeness (QED) is 0.573. The summed E-state index contributed by atoms with van der Waals surface area (Å²) in [6.07, 6.45) is 1.39. The Hall–Kier alpha value is -3.81. The van der Waals surface area contributed by atoms with Gasteiger partial charge in [0.25, 0.3) is 5.91 Å². The number of rotatable bonds is 6. The number of aromatic hydroxyl groups is 1. The van der Waals surface area contributed by atoms with Crippen molar-refractivity contribution in [3.8, 4) is 22.8 Å². The number of hydrogen-bond acceptors (Lipinski definition) is 7. The Balaban J connectivity index is 1.50. The van der Waals surface area contributed by atoms with E-state index in [2.05, 4.69) is 0 Å². The average Bonchev–Trinajstić information content (AvgIpc) is 2.83. The van der Waals surface area contributed by atoms with Gasteiger partial charge in [-0.1, -0.05) is 30.3 Å². The van der Waals surface area contributed by atoms with E-state index in [0.29, 0.717) is 38.3 Å². The number of likely N-dealkylation sites (tertiary alicyclic amines) is 1. The number of amides is 1. The highest BCUT2D eigenvalue weighted by atomic mass is 16.5. The van der Waals surface area contributed by atoms with Gasteiger partial charge in [-0.3, -0.25) is 14.4 Å². The molecule has 1 amide bonds. The highest BCUT2D eigenvalue weighted by Crippen LogP contribution is 2.31. The first-order valence-corrected chi connectivity index (χ1v) is 10.9. The fourth-order valence-electron chi connectivity index (χ4n) is 3.96. The maximum atomic E-state index is 12.7. The molecule has 1 aliphatic rings. The molecule has 172 valence electrons. The molecule has 1 atom stereocenters. The van der Waals surface area contributed by atoms with Crippen LogP contribution in [0.1, 0.15) is 19.8 Å². The molecule has 33 heavy (non-hydrogen) atoms. The van der Waals surface area contributed by atoms with E-state index < -0.39 is 0 Å². The third-order valence-corrected chi connectivity index (χ3v) is 5.60. The van der Waals surface area contributed by atoms with Crippen LogP contribution in [-0.4, -0.2) is 48.2 Å². The zero-order valence-corrected chi connectivity index (χ0v) is 18.3. The Kier molecular flexibility index (Phi) is 6.63. The second kappa shape index (κ2) is 9.77. The van der Waals surface area contributed by atoms with Crippen LogP contribution in [0, 0.1) is 5.92 Å². The topological polar surface area (TPSA) is 106 Å². The SMILES string of the molecule is CCOC(=O)C1CCCN(C(=O)COc2cc(O)c3c(=O)cc(-c4ccccc4)oc3c2)C1. The number of nitrogens with zero attached hydrogens (tertiary/aromatic N) is 1. The van der Waals surface area contributed by atoms with Crippen molar-refractivity contribution in [2.45, 2.75) is 19.8 Å². The molecule has 2 heterocycles. The summed E-state index contributed by atoms with van der Waals surface area (Å²) >= 11 is 0. The Morgan fingerprint density at radius 2 is 1.97 bits per heavy atom. The molecule has 2 aromatic carbocycles. The number of carbonyl (C=O) groups excluding carboxylic acids is 2. The average molecular weight is 451 g/mol. The van der Waals surface area contributed by atoms with Crippen molar-refractivity contribution in [3.05, 3.63) is 58.8 Å². The molecule has 0 bridgehead atoms. The minimum atomic E-state index is -0.381. The number of carbonyl (C=O) groups is 2. The number of fused-ring (bicyclic) bond motifs is 1. The smallest absolute Gasteiger partial charge is 0.310 e. The van der Waals surface area contributed by atoms with Crippen molar-refractivity contribution in [1.29, 1.82) is 0 Å². The van der Waals surface area contributed by atoms with Gasteiger partial charge >= 0.3 is 5.97 Å². The van der Waals surface area contributed by atoms with Gasteiger partial charge in [0.1, 0.15) is 28.2 Å². The minimum Gasteiger partial charge on any atom is -0.507 e. The number of benzene rings is 2. The first-order valence-electron chi connectivity index (χ1n) is 10.9. The van der Waals surface area contributed by atoms with Crippen LogP contribution in [0.25, 0.3) is 22.3 Å². The molecule has 0 saturated carbocycles. The van der Waals surface area contributed by atoms with E-state index in [1.807, 2.05) is 30.3 Å². The summed E-state index contributed by atoms with van der Waals surface area (Å²) < 4.78 is 16.5. The van der Waals surface area contributed by atoms with E-state index in [-0.39, 0.29) is 52.3 Å². The van der Waals surface area contributed by atoms with Crippen molar-refractivity contribution in [3.63, 3.8) is 0 Å². The molecule has 3 aromatic rings. The van der Waals surface area contributed by atoms with E-state index in [4.69, 9.17) is 13.9 Å². The third-order valence-electron chi connectivity index (χ3n) is 5.60. The molecule has 1 saturated heterocycles. The lowest BCUT2D eigenvalue weighted by molar-refractivity contribution is -0.151. The van der Waals surface area contributed by atoms with Crippen molar-refractivity contribution in [1.82, 2.24) is 4.90 Å². The number of phenolic OH excluding ortho intramolecular Hbond substituents is 1. The maximum absolute atomic E-state index is 12.7. The van der Waals surface area contributed by atoms with Gasteiger partial charge in [-0.25, -0.2) is 0 Å². The van der Waals surface area contributed by atoms with Gasteiger partial charge in [-0.2, -0.15) is 0 Å². The van der Waals surface area contributed by atoms with E-state index in [1.165, 1.54) is 18.2 Å². The third kappa shape index (κ3) is 5.00. The molecule has 0 radical (unpaired) electrons. The molecule has 0 spiro atoms. The lowest BCUT2D eigenvalue weighted by Crippen LogP contribution is -2.44. The number of phenols is 1. The Bertz CT molecular complexity index is 1220. The predicted molar refractivity (Wildman–Crippen MR) is 121 cm³/mol. The molecule has 8 heteroatoms. The van der Waals surface area contributed by atoms with Crippen molar-refractivity contribution in [2.24, 2.45) is 5.92 Å². The number of esters is 1. The lowest BCUT2D eigenvalue weighted by atomic mass is 9.98. The fourth-order valence-corrected chi connectivity index (χ4v) is 3.96. The summed E-state index contributed by atoms with van der Waals surface area (Å²) in [6, 6.07) is 13.2. The summed E-state index contributed by atoms with van der Waals surface area (Å²) in [5, 5.41) is 10.4. The van der Waals surface area contributed by atoms with Crippen LogP contribution in [-0.2, 0) is 14.3 Å². The number of ether oxygens (including phenoxy) is 2. The van der Waals surface area contributed by atoms with E-state index >= 15 is 0 Å². The van der Waals surface area contributed by atoms with Gasteiger partial charge in [0.05, 0.1) is 12.5 Å². The van der Waals surface area contributed by atoms with Gasteiger partial charge in [-0.05, 0) is 19.8 Å². The second-order valence-corrected chi connectivity index (χ2v) is 7.88. The zero-order valence-electron chi connectivity index (χ0n) is 18.3. The second-order valence-electron chi connectivity index (χ2n) is 7.88. The van der Waals surface area contributed by atoms with Crippen LogP contribution >= 0.6 is 0 Å². The van der Waals surface area contributed by atoms with Gasteiger partial charge in [0.2, 0.25) is 0 Å². The minimum absolute atomic E-state index is 0.0432. The molecule has 0 aliphatic carbocycles. The first-order chi connectivity index (χ1) is 16.0. The number of piperidine rings is 1. The molecule has 1 N–H and O–H groups in total. The molecule has 1 aliphatic heterocycles. The molecule has 1 fully saturated rings. The van der Waals surface area contributed by atoms with Gasteiger partial charge in [0.15, 0.2) is 12.0 Å². The fraction of sp³-hybridized carbons (Fsp3) is 0.320. The maximum Gasteiger partial charge on any atom is 0.310 e. The molecular formula is C25H25NO7. The summed E-state index contributed by atoms with van der Waals surface area (Å²) in [5.41, 5.74) is 0.497. The molecule has 1 aromatic heterocycles. The van der Waals surface area contributed by atoms with Gasteiger partial charge in [0, 0.05) is 36.9 Å². The molecule has 1 unspecified atom stereocenters. The molecule has 8 nitrogen and oxygen atoms in total. The predicted octanol–water partition coefficient (Wildman–Crippen LogP) is 3.35. The van der Waals surface area contributed by atoms with Gasteiger partial charge in [-0.15, -0.1) is 0 Å². The highest BCUT2D eigenvalue weighted by molar-refractivity contribution is 5.86. The number of hydrogen-bond donors (Lipinski definition) is 1. The highest BCUT2D eigenvalue weighted by Gasteiger charge is 2.29. The van der Waals surface area contributed by atoms with Gasteiger partial charge < -0.3 is 23.9 Å². The van der Waals surface area contributed by atoms with Crippen LogP contribution in [0.4, 0.5) is 0 Å². The lowest BCUT2D eigenvalue weighted by Gasteiger charge is -2.31. The van der Waals surface area contributed by atoms with Crippen LogP contribution < -0.4 is 10.2 Å². The van der Waals surface area contributed by atoms with Crippen molar-refractivity contribution in [2.75, 3.05) is 26.3 Å². The van der Waals surface area contributed by atoms with Crippen LogP contribution in [0.3, 0.4) is 0 Å². The Morgan fingerprint density at radius 3 is 2.73 bits per heavy atom. The largest absolute Gasteiger partial charge is 0.507 e. The van der Waals surface area contributed by atoms with Crippen molar-refractivity contribution < 1.29 is 28.6 Å². The zero-order chi connectivity index (χ0) is 23.4. The van der Waals surface area contributed by atoms with E-state index in [9.17, 15) is 19.5 Å². The summed E-state index contributed by atoms with van der Waals surface area (Å²) in [5.74, 6) is -0.635. The van der Waals surface area contributed by atoms with E-state index in [0.717, 1.165) is 5.56 Å². The Morgan fingerprint density at radius 1 is 1.18 bits per heavy atom. The summed E-state index contributed by atoms with van der Waals surface area (Å²) in [6.45, 7) is 2.61.